The van der Waals surface area contributed by atoms with Crippen LogP contribution in [0.2, 0.25) is 0 Å². The second-order valence-corrected chi connectivity index (χ2v) is 5.43. The third-order valence-corrected chi connectivity index (χ3v) is 3.86. The van der Waals surface area contributed by atoms with Gasteiger partial charge >= 0.3 is 0 Å². The molecule has 0 radical (unpaired) electrons. The lowest BCUT2D eigenvalue weighted by Gasteiger charge is -2.37. The zero-order chi connectivity index (χ0) is 14.6. The first-order valence-corrected chi connectivity index (χ1v) is 6.89. The molecule has 1 unspecified atom stereocenters. The fourth-order valence-electron chi connectivity index (χ4n) is 2.35. The summed E-state index contributed by atoms with van der Waals surface area (Å²) in [5, 5.41) is 12.5. The molecule has 5 nitrogen and oxygen atoms in total. The highest BCUT2D eigenvalue weighted by Gasteiger charge is 2.34. The van der Waals surface area contributed by atoms with Gasteiger partial charge in [0.1, 0.15) is 6.04 Å². The first-order valence-electron chi connectivity index (χ1n) is 6.89. The summed E-state index contributed by atoms with van der Waals surface area (Å²) in [4.78, 5) is 12.3. The molecular formula is C15H22N2O3. The minimum atomic E-state index is -0.720. The molecule has 2 rings (SSSR count). The second kappa shape index (κ2) is 6.35. The fraction of sp³-hybridized carbons (Fsp3) is 0.533. The predicted octanol–water partition coefficient (Wildman–Crippen LogP) is 0.653. The van der Waals surface area contributed by atoms with E-state index in [0.717, 1.165) is 11.1 Å². The standard InChI is InChI=1S/C15H22N2O3/c1-11-2-4-12(5-3-11)13(16)14(19)17-15(10-18)6-8-20-9-7-15/h2-5,13,18H,6-10,16H2,1H3,(H,17,19). The molecule has 20 heavy (non-hydrogen) atoms. The van der Waals surface area contributed by atoms with Crippen LogP contribution in [0.1, 0.15) is 30.0 Å². The number of carbonyl (C=O) groups is 1. The number of rotatable bonds is 4. The van der Waals surface area contributed by atoms with E-state index in [1.54, 1.807) is 0 Å². The highest BCUT2D eigenvalue weighted by Crippen LogP contribution is 2.21. The first-order chi connectivity index (χ1) is 9.56. The summed E-state index contributed by atoms with van der Waals surface area (Å²) in [6.07, 6.45) is 1.21. The molecule has 1 aliphatic rings. The van der Waals surface area contributed by atoms with Crippen LogP contribution >= 0.6 is 0 Å². The highest BCUT2D eigenvalue weighted by atomic mass is 16.5. The molecule has 1 amide bonds. The third-order valence-electron chi connectivity index (χ3n) is 3.86. The van der Waals surface area contributed by atoms with Crippen LogP contribution in [0.15, 0.2) is 24.3 Å². The number of aliphatic hydroxyl groups excluding tert-OH is 1. The average molecular weight is 278 g/mol. The molecule has 1 fully saturated rings. The molecule has 1 aromatic rings. The number of carbonyl (C=O) groups excluding carboxylic acids is 1. The van der Waals surface area contributed by atoms with Crippen molar-refractivity contribution in [3.8, 4) is 0 Å². The van der Waals surface area contributed by atoms with Crippen molar-refractivity contribution in [1.29, 1.82) is 0 Å². The lowest BCUT2D eigenvalue weighted by molar-refractivity contribution is -0.126. The van der Waals surface area contributed by atoms with E-state index in [9.17, 15) is 9.90 Å². The molecule has 0 spiro atoms. The summed E-state index contributed by atoms with van der Waals surface area (Å²) in [7, 11) is 0. The Balaban J connectivity index is 2.04. The number of aryl methyl sites for hydroxylation is 1. The van der Waals surface area contributed by atoms with E-state index in [2.05, 4.69) is 5.32 Å². The predicted molar refractivity (Wildman–Crippen MR) is 76.1 cm³/mol. The van der Waals surface area contributed by atoms with Crippen LogP contribution in [0.3, 0.4) is 0 Å². The average Bonchev–Trinajstić information content (AvgIpc) is 2.48. The molecule has 110 valence electrons. The van der Waals surface area contributed by atoms with Gasteiger partial charge in [-0.25, -0.2) is 0 Å². The Morgan fingerprint density at radius 3 is 2.55 bits per heavy atom. The normalized spacial score (nSPS) is 19.4. The van der Waals surface area contributed by atoms with E-state index in [1.165, 1.54) is 0 Å². The Hall–Kier alpha value is -1.43. The van der Waals surface area contributed by atoms with Gasteiger partial charge in [0.25, 0.3) is 0 Å². The molecule has 0 aromatic heterocycles. The molecule has 5 heteroatoms. The lowest BCUT2D eigenvalue weighted by atomic mass is 9.90. The molecule has 4 N–H and O–H groups in total. The SMILES string of the molecule is Cc1ccc(C(N)C(=O)NC2(CO)CCOCC2)cc1. The van der Waals surface area contributed by atoms with Gasteiger partial charge in [0.05, 0.1) is 12.1 Å². The van der Waals surface area contributed by atoms with Crippen LogP contribution in [0, 0.1) is 6.92 Å². The van der Waals surface area contributed by atoms with Gasteiger partial charge < -0.3 is 20.9 Å². The Kier molecular flexibility index (Phi) is 4.75. The third kappa shape index (κ3) is 3.36. The van der Waals surface area contributed by atoms with Gasteiger partial charge in [-0.05, 0) is 25.3 Å². The van der Waals surface area contributed by atoms with Crippen molar-refractivity contribution in [1.82, 2.24) is 5.32 Å². The van der Waals surface area contributed by atoms with Gasteiger partial charge in [-0.3, -0.25) is 4.79 Å². The summed E-state index contributed by atoms with van der Waals surface area (Å²) in [6.45, 7) is 2.97. The monoisotopic (exact) mass is 278 g/mol. The van der Waals surface area contributed by atoms with E-state index in [0.29, 0.717) is 26.1 Å². The number of nitrogens with one attached hydrogen (secondary N) is 1. The zero-order valence-corrected chi connectivity index (χ0v) is 11.8. The van der Waals surface area contributed by atoms with Crippen LogP contribution < -0.4 is 11.1 Å². The molecule has 1 aliphatic heterocycles. The summed E-state index contributed by atoms with van der Waals surface area (Å²) >= 11 is 0. The maximum Gasteiger partial charge on any atom is 0.242 e. The van der Waals surface area contributed by atoms with Crippen molar-refractivity contribution < 1.29 is 14.6 Å². The van der Waals surface area contributed by atoms with Crippen molar-refractivity contribution in [2.75, 3.05) is 19.8 Å². The van der Waals surface area contributed by atoms with Gasteiger partial charge in [0.15, 0.2) is 0 Å². The van der Waals surface area contributed by atoms with Gasteiger partial charge in [-0.15, -0.1) is 0 Å². The Bertz CT molecular complexity index is 453. The van der Waals surface area contributed by atoms with Gasteiger partial charge in [-0.2, -0.15) is 0 Å². The van der Waals surface area contributed by atoms with E-state index in [4.69, 9.17) is 10.5 Å². The molecule has 0 bridgehead atoms. The topological polar surface area (TPSA) is 84.6 Å². The minimum Gasteiger partial charge on any atom is -0.394 e. The molecule has 1 aromatic carbocycles. The summed E-state index contributed by atoms with van der Waals surface area (Å²) < 4.78 is 5.27. The number of hydrogen-bond donors (Lipinski definition) is 3. The molecule has 0 aliphatic carbocycles. The van der Waals surface area contributed by atoms with Crippen molar-refractivity contribution in [2.24, 2.45) is 5.73 Å². The van der Waals surface area contributed by atoms with E-state index in [-0.39, 0.29) is 12.5 Å². The number of ether oxygens (including phenoxy) is 1. The number of amides is 1. The van der Waals surface area contributed by atoms with Crippen molar-refractivity contribution >= 4 is 5.91 Å². The Morgan fingerprint density at radius 2 is 2.00 bits per heavy atom. The summed E-state index contributed by atoms with van der Waals surface area (Å²) in [5.41, 5.74) is 7.29. The quantitative estimate of drug-likeness (QED) is 0.755. The number of nitrogens with two attached hydrogens (primary N) is 1. The van der Waals surface area contributed by atoms with Crippen molar-refractivity contribution in [2.45, 2.75) is 31.3 Å². The smallest absolute Gasteiger partial charge is 0.242 e. The van der Waals surface area contributed by atoms with E-state index >= 15 is 0 Å². The second-order valence-electron chi connectivity index (χ2n) is 5.43. The van der Waals surface area contributed by atoms with Crippen molar-refractivity contribution in [3.05, 3.63) is 35.4 Å². The van der Waals surface area contributed by atoms with Crippen LogP contribution in [-0.2, 0) is 9.53 Å². The molecule has 1 atom stereocenters. The summed E-state index contributed by atoms with van der Waals surface area (Å²) in [6, 6.07) is 6.85. The number of aliphatic hydroxyl groups is 1. The number of hydrogen-bond acceptors (Lipinski definition) is 4. The highest BCUT2D eigenvalue weighted by molar-refractivity contribution is 5.83. The molecule has 1 heterocycles. The molecule has 0 saturated carbocycles. The van der Waals surface area contributed by atoms with Crippen LogP contribution in [0.25, 0.3) is 0 Å². The van der Waals surface area contributed by atoms with E-state index < -0.39 is 11.6 Å². The Labute approximate surface area is 119 Å². The lowest BCUT2D eigenvalue weighted by Crippen LogP contribution is -2.56. The maximum atomic E-state index is 12.3. The van der Waals surface area contributed by atoms with Crippen molar-refractivity contribution in [3.63, 3.8) is 0 Å². The van der Waals surface area contributed by atoms with Crippen LogP contribution in [-0.4, -0.2) is 36.4 Å². The number of benzene rings is 1. The largest absolute Gasteiger partial charge is 0.394 e. The van der Waals surface area contributed by atoms with Crippen LogP contribution in [0.4, 0.5) is 0 Å². The zero-order valence-electron chi connectivity index (χ0n) is 11.8. The molecule has 1 saturated heterocycles. The van der Waals surface area contributed by atoms with Gasteiger partial charge in [-0.1, -0.05) is 29.8 Å². The first kappa shape index (κ1) is 15.0. The molecular weight excluding hydrogens is 256 g/mol. The van der Waals surface area contributed by atoms with Gasteiger partial charge in [0.2, 0.25) is 5.91 Å². The van der Waals surface area contributed by atoms with Gasteiger partial charge in [0, 0.05) is 13.2 Å². The Morgan fingerprint density at radius 1 is 1.40 bits per heavy atom. The fourth-order valence-corrected chi connectivity index (χ4v) is 2.35. The van der Waals surface area contributed by atoms with Crippen LogP contribution in [0.5, 0.6) is 0 Å². The minimum absolute atomic E-state index is 0.0945. The summed E-state index contributed by atoms with van der Waals surface area (Å²) in [5.74, 6) is -0.259. The van der Waals surface area contributed by atoms with E-state index in [1.807, 2.05) is 31.2 Å². The maximum absolute atomic E-state index is 12.3.